The number of nitrogens with zero attached hydrogens (tertiary/aromatic N) is 2. The van der Waals surface area contributed by atoms with Gasteiger partial charge < -0.3 is 9.94 Å². The molecule has 1 aromatic heterocycles. The summed E-state index contributed by atoms with van der Waals surface area (Å²) in [5.41, 5.74) is 1.96. The zero-order valence-corrected chi connectivity index (χ0v) is 9.13. The summed E-state index contributed by atoms with van der Waals surface area (Å²) < 4.78 is 1.56. The van der Waals surface area contributed by atoms with E-state index < -0.39 is 0 Å². The van der Waals surface area contributed by atoms with E-state index in [1.54, 1.807) is 10.9 Å². The minimum absolute atomic E-state index is 0.122. The second-order valence-electron chi connectivity index (χ2n) is 3.53. The topological polar surface area (TPSA) is 47.3 Å². The molecule has 1 N–H and O–H groups in total. The van der Waals surface area contributed by atoms with Crippen molar-refractivity contribution in [1.82, 2.24) is 9.71 Å². The van der Waals surface area contributed by atoms with E-state index in [0.29, 0.717) is 12.4 Å². The number of rotatable bonds is 4. The van der Waals surface area contributed by atoms with Crippen LogP contribution in [0.4, 0.5) is 0 Å². The molecule has 1 heterocycles. The number of aryl methyl sites for hydroxylation is 1. The lowest BCUT2D eigenvalue weighted by molar-refractivity contribution is 0.0758. The van der Waals surface area contributed by atoms with Crippen LogP contribution in [0.15, 0.2) is 36.5 Å². The van der Waals surface area contributed by atoms with E-state index in [4.69, 9.17) is 9.94 Å². The number of benzene rings is 1. The third-order valence-corrected chi connectivity index (χ3v) is 2.30. The second-order valence-corrected chi connectivity index (χ2v) is 3.53. The molecule has 0 radical (unpaired) electrons. The van der Waals surface area contributed by atoms with Crippen molar-refractivity contribution >= 4 is 0 Å². The first-order valence-electron chi connectivity index (χ1n) is 5.12. The van der Waals surface area contributed by atoms with Crippen LogP contribution in [0.5, 0.6) is 0 Å². The number of hydrogen-bond acceptors (Lipinski definition) is 3. The van der Waals surface area contributed by atoms with Crippen molar-refractivity contribution in [2.75, 3.05) is 0 Å². The number of aliphatic hydroxyl groups excluding tert-OH is 1. The summed E-state index contributed by atoms with van der Waals surface area (Å²) in [4.78, 5) is 9.61. The first-order valence-corrected chi connectivity index (χ1v) is 5.12. The van der Waals surface area contributed by atoms with Crippen LogP contribution in [0, 0.1) is 6.92 Å². The molecule has 0 aliphatic rings. The average molecular weight is 218 g/mol. The van der Waals surface area contributed by atoms with Gasteiger partial charge in [-0.25, -0.2) is 4.98 Å². The number of aliphatic hydroxyl groups is 1. The first kappa shape index (κ1) is 10.7. The molecule has 0 aliphatic carbocycles. The zero-order valence-electron chi connectivity index (χ0n) is 9.13. The summed E-state index contributed by atoms with van der Waals surface area (Å²) in [6.45, 7) is 2.23. The highest BCUT2D eigenvalue weighted by Gasteiger charge is 2.06. The van der Waals surface area contributed by atoms with Crippen LogP contribution in [-0.2, 0) is 13.2 Å². The van der Waals surface area contributed by atoms with Gasteiger partial charge >= 0.3 is 0 Å². The van der Waals surface area contributed by atoms with Crippen molar-refractivity contribution in [1.29, 1.82) is 0 Å². The van der Waals surface area contributed by atoms with E-state index in [1.807, 2.05) is 37.3 Å². The van der Waals surface area contributed by atoms with E-state index in [2.05, 4.69) is 4.98 Å². The molecule has 2 rings (SSSR count). The SMILES string of the molecule is Cc1cnc(CO)n1OCc1ccccc1. The Morgan fingerprint density at radius 2 is 2.06 bits per heavy atom. The number of aromatic nitrogens is 2. The second kappa shape index (κ2) is 4.81. The van der Waals surface area contributed by atoms with Crippen LogP contribution >= 0.6 is 0 Å². The van der Waals surface area contributed by atoms with Crippen molar-refractivity contribution < 1.29 is 9.94 Å². The average Bonchev–Trinajstić information content (AvgIpc) is 2.69. The fraction of sp³-hybridized carbons (Fsp3) is 0.250. The summed E-state index contributed by atoms with van der Waals surface area (Å²) in [6, 6.07) is 9.87. The summed E-state index contributed by atoms with van der Waals surface area (Å²) in [5.74, 6) is 0.522. The van der Waals surface area contributed by atoms with E-state index >= 15 is 0 Å². The summed E-state index contributed by atoms with van der Waals surface area (Å²) in [7, 11) is 0. The smallest absolute Gasteiger partial charge is 0.170 e. The molecule has 4 nitrogen and oxygen atoms in total. The van der Waals surface area contributed by atoms with Gasteiger partial charge in [0.1, 0.15) is 13.2 Å². The Morgan fingerprint density at radius 1 is 1.31 bits per heavy atom. The molecule has 2 aromatic rings. The van der Waals surface area contributed by atoms with Crippen molar-refractivity contribution in [2.24, 2.45) is 0 Å². The van der Waals surface area contributed by atoms with Crippen molar-refractivity contribution in [2.45, 2.75) is 20.1 Å². The molecule has 0 bridgehead atoms. The van der Waals surface area contributed by atoms with Gasteiger partial charge in [-0.15, -0.1) is 0 Å². The number of hydrogen-bond donors (Lipinski definition) is 1. The molecule has 0 aliphatic heterocycles. The Balaban J connectivity index is 2.07. The Labute approximate surface area is 94.1 Å². The van der Waals surface area contributed by atoms with Gasteiger partial charge in [0.05, 0.1) is 11.9 Å². The van der Waals surface area contributed by atoms with E-state index in [1.165, 1.54) is 0 Å². The Hall–Kier alpha value is -1.81. The quantitative estimate of drug-likeness (QED) is 0.841. The Kier molecular flexibility index (Phi) is 3.22. The maximum Gasteiger partial charge on any atom is 0.170 e. The van der Waals surface area contributed by atoms with Crippen molar-refractivity contribution in [3.63, 3.8) is 0 Å². The van der Waals surface area contributed by atoms with Crippen LogP contribution in [0.2, 0.25) is 0 Å². The molecular formula is C12H14N2O2. The van der Waals surface area contributed by atoms with Crippen LogP contribution in [0.25, 0.3) is 0 Å². The summed E-state index contributed by atoms with van der Waals surface area (Å²) >= 11 is 0. The Bertz CT molecular complexity index is 451. The van der Waals surface area contributed by atoms with E-state index in [0.717, 1.165) is 11.3 Å². The molecular weight excluding hydrogens is 204 g/mol. The molecule has 0 saturated carbocycles. The van der Waals surface area contributed by atoms with Gasteiger partial charge in [0, 0.05) is 0 Å². The lowest BCUT2D eigenvalue weighted by atomic mass is 10.2. The minimum Gasteiger partial charge on any atom is -0.407 e. The van der Waals surface area contributed by atoms with E-state index in [-0.39, 0.29) is 6.61 Å². The van der Waals surface area contributed by atoms with Gasteiger partial charge in [-0.3, -0.25) is 0 Å². The van der Waals surface area contributed by atoms with Crippen LogP contribution in [0.1, 0.15) is 17.1 Å². The van der Waals surface area contributed by atoms with E-state index in [9.17, 15) is 0 Å². The maximum absolute atomic E-state index is 9.07. The predicted molar refractivity (Wildman–Crippen MR) is 59.6 cm³/mol. The van der Waals surface area contributed by atoms with Gasteiger partial charge in [-0.1, -0.05) is 30.3 Å². The van der Waals surface area contributed by atoms with Crippen LogP contribution in [0.3, 0.4) is 0 Å². The van der Waals surface area contributed by atoms with Crippen molar-refractivity contribution in [3.05, 3.63) is 53.6 Å². The fourth-order valence-electron chi connectivity index (χ4n) is 1.47. The summed E-state index contributed by atoms with van der Waals surface area (Å²) in [5, 5.41) is 9.07. The predicted octanol–water partition coefficient (Wildman–Crippen LogP) is 1.31. The van der Waals surface area contributed by atoms with Crippen LogP contribution in [-0.4, -0.2) is 14.8 Å². The van der Waals surface area contributed by atoms with Gasteiger partial charge in [-0.05, 0) is 12.5 Å². The van der Waals surface area contributed by atoms with Crippen LogP contribution < -0.4 is 4.84 Å². The molecule has 1 aromatic carbocycles. The molecule has 16 heavy (non-hydrogen) atoms. The molecule has 0 atom stereocenters. The zero-order chi connectivity index (χ0) is 11.4. The van der Waals surface area contributed by atoms with Gasteiger partial charge in [-0.2, -0.15) is 4.73 Å². The molecule has 0 amide bonds. The minimum atomic E-state index is -0.122. The highest BCUT2D eigenvalue weighted by Crippen LogP contribution is 2.04. The molecule has 0 saturated heterocycles. The highest BCUT2D eigenvalue weighted by molar-refractivity contribution is 5.13. The van der Waals surface area contributed by atoms with Crippen molar-refractivity contribution in [3.8, 4) is 0 Å². The third kappa shape index (κ3) is 2.23. The molecule has 4 heteroatoms. The monoisotopic (exact) mass is 218 g/mol. The first-order chi connectivity index (χ1) is 7.81. The highest BCUT2D eigenvalue weighted by atomic mass is 16.7. The normalized spacial score (nSPS) is 10.4. The number of imidazole rings is 1. The summed E-state index contributed by atoms with van der Waals surface area (Å²) in [6.07, 6.45) is 1.68. The Morgan fingerprint density at radius 3 is 2.75 bits per heavy atom. The van der Waals surface area contributed by atoms with Gasteiger partial charge in [0.25, 0.3) is 0 Å². The maximum atomic E-state index is 9.07. The molecule has 84 valence electrons. The lowest BCUT2D eigenvalue weighted by Gasteiger charge is -2.10. The molecule has 0 spiro atoms. The fourth-order valence-corrected chi connectivity index (χ4v) is 1.47. The standard InChI is InChI=1S/C12H14N2O2/c1-10-7-13-12(8-15)14(10)16-9-11-5-3-2-4-6-11/h2-7,15H,8-9H2,1H3. The lowest BCUT2D eigenvalue weighted by Crippen LogP contribution is -2.15. The largest absolute Gasteiger partial charge is 0.407 e. The van der Waals surface area contributed by atoms with Gasteiger partial charge in [0.2, 0.25) is 0 Å². The molecule has 0 fully saturated rings. The van der Waals surface area contributed by atoms with Gasteiger partial charge in [0.15, 0.2) is 5.82 Å². The third-order valence-electron chi connectivity index (χ3n) is 2.30. The molecule has 0 unspecified atom stereocenters.